The number of piperazine rings is 1. The van der Waals surface area contributed by atoms with E-state index in [1.165, 1.54) is 65.0 Å². The van der Waals surface area contributed by atoms with Crippen LogP contribution >= 0.6 is 0 Å². The highest BCUT2D eigenvalue weighted by molar-refractivity contribution is 5.98. The number of fused-ring (bicyclic) bond motifs is 3. The van der Waals surface area contributed by atoms with E-state index in [2.05, 4.69) is 127 Å². The molecule has 29 heteroatoms. The monoisotopic (exact) mass is 1650 g/mol. The van der Waals surface area contributed by atoms with Crippen molar-refractivity contribution < 1.29 is 33.7 Å². The van der Waals surface area contributed by atoms with E-state index < -0.39 is 34.0 Å². The van der Waals surface area contributed by atoms with Crippen LogP contribution in [-0.4, -0.2) is 167 Å². The maximum Gasteiger partial charge on any atom is 0.280 e. The molecule has 15 rings (SSSR count). The van der Waals surface area contributed by atoms with Crippen LogP contribution in [0.4, 0.5) is 34.9 Å². The smallest absolute Gasteiger partial charge is 0.280 e. The lowest BCUT2D eigenvalue weighted by Gasteiger charge is -2.32. The average molecular weight is 1650 g/mol. The molecule has 3 aliphatic heterocycles. The fourth-order valence-corrected chi connectivity index (χ4v) is 14.8. The molecule has 4 amide bonds. The SMILES string of the molecule is CCONC(=O)c1cn(-c2ccc(CC)cc2)c2nc(Nc3ccc(CCN4CCN(C)CC4)cc3)ncc2c1=O.CCc1ccc(-n2cc(C(=O)NOC(C)C)c(=O)c3cnc(Nc4ccc(C5CCN(C(C)=O)CC5)cc4)nc32)cc1.CCc1ccc(-n2cc(C(=O)NOC(C)C)c(=O)c3cnc(Nc4ccc(C5CCNCC5)cc4)nc32)cc1. The number of amides is 4. The van der Waals surface area contributed by atoms with Gasteiger partial charge in [0.1, 0.15) is 16.7 Å². The van der Waals surface area contributed by atoms with E-state index in [0.29, 0.717) is 46.6 Å². The predicted octanol–water partition coefficient (Wildman–Crippen LogP) is 13.1. The van der Waals surface area contributed by atoms with Crippen molar-refractivity contribution in [3.63, 3.8) is 0 Å². The number of anilines is 6. The summed E-state index contributed by atoms with van der Waals surface area (Å²) < 4.78 is 5.21. The van der Waals surface area contributed by atoms with Crippen LogP contribution < -0.4 is 54.0 Å². The number of likely N-dealkylation sites (N-methyl/N-ethyl adjacent to an activating group) is 1. The summed E-state index contributed by atoms with van der Waals surface area (Å²) in [7, 11) is 2.17. The van der Waals surface area contributed by atoms with Gasteiger partial charge >= 0.3 is 0 Å². The van der Waals surface area contributed by atoms with Gasteiger partial charge in [-0.2, -0.15) is 15.0 Å². The fourth-order valence-electron chi connectivity index (χ4n) is 14.8. The van der Waals surface area contributed by atoms with Crippen LogP contribution in [0, 0.1) is 0 Å². The normalized spacial score (nSPS) is 14.1. The molecule has 0 spiro atoms. The molecule has 12 aromatic rings. The van der Waals surface area contributed by atoms with E-state index in [9.17, 15) is 33.6 Å². The van der Waals surface area contributed by atoms with Gasteiger partial charge < -0.3 is 49.7 Å². The van der Waals surface area contributed by atoms with Crippen LogP contribution in [0.25, 0.3) is 50.2 Å². The lowest BCUT2D eigenvalue weighted by atomic mass is 9.89. The molecule has 7 N–H and O–H groups in total. The van der Waals surface area contributed by atoms with Crippen molar-refractivity contribution in [1.29, 1.82) is 0 Å². The van der Waals surface area contributed by atoms with Gasteiger partial charge in [-0.25, -0.2) is 31.4 Å². The van der Waals surface area contributed by atoms with Gasteiger partial charge in [0.2, 0.25) is 40.0 Å². The number of hydrogen-bond acceptors (Lipinski definition) is 22. The Morgan fingerprint density at radius 3 is 1.13 bits per heavy atom. The van der Waals surface area contributed by atoms with E-state index in [1.54, 1.807) is 55.2 Å². The van der Waals surface area contributed by atoms with E-state index in [0.717, 1.165) is 150 Å². The second-order valence-corrected chi connectivity index (χ2v) is 31.2. The summed E-state index contributed by atoms with van der Waals surface area (Å²) in [4.78, 5) is 140. The molecule has 0 aliphatic carbocycles. The first-order valence-corrected chi connectivity index (χ1v) is 42.0. The van der Waals surface area contributed by atoms with Gasteiger partial charge in [0.25, 0.3) is 17.7 Å². The van der Waals surface area contributed by atoms with E-state index in [4.69, 9.17) is 29.5 Å². The number of carbonyl (C=O) groups excluding carboxylic acids is 4. The Morgan fingerprint density at radius 1 is 0.443 bits per heavy atom. The number of aryl methyl sites for hydroxylation is 3. The second-order valence-electron chi connectivity index (χ2n) is 31.2. The zero-order chi connectivity index (χ0) is 85.9. The molecule has 9 heterocycles. The maximum atomic E-state index is 13.4. The van der Waals surface area contributed by atoms with Crippen molar-refractivity contribution >= 4 is 91.6 Å². The molecule has 634 valence electrons. The molecule has 6 aromatic carbocycles. The first-order chi connectivity index (χ1) is 59.1. The minimum absolute atomic E-state index is 0.0537. The van der Waals surface area contributed by atoms with Crippen molar-refractivity contribution in [2.24, 2.45) is 0 Å². The maximum absolute atomic E-state index is 13.4. The lowest BCUT2D eigenvalue weighted by molar-refractivity contribution is -0.129. The molecule has 0 unspecified atom stereocenters. The molecule has 122 heavy (non-hydrogen) atoms. The molecule has 0 atom stereocenters. The van der Waals surface area contributed by atoms with Crippen LogP contribution in [0.2, 0.25) is 0 Å². The number of nitrogens with zero attached hydrogens (tertiary/aromatic N) is 12. The Balaban J connectivity index is 0.000000158. The van der Waals surface area contributed by atoms with Crippen LogP contribution in [0.3, 0.4) is 0 Å². The molecule has 3 fully saturated rings. The van der Waals surface area contributed by atoms with Crippen LogP contribution in [0.15, 0.2) is 197 Å². The third-order valence-electron chi connectivity index (χ3n) is 22.0. The highest BCUT2D eigenvalue weighted by Crippen LogP contribution is 2.32. The number of carbonyl (C=O) groups is 4. The largest absolute Gasteiger partial charge is 0.343 e. The number of hydroxylamine groups is 3. The number of benzene rings is 6. The van der Waals surface area contributed by atoms with Gasteiger partial charge in [0, 0.05) is 124 Å². The van der Waals surface area contributed by atoms with Gasteiger partial charge in [-0.15, -0.1) is 0 Å². The summed E-state index contributed by atoms with van der Waals surface area (Å²) in [5, 5.41) is 13.9. The summed E-state index contributed by atoms with van der Waals surface area (Å²) in [6.07, 6.45) is 16.3. The summed E-state index contributed by atoms with van der Waals surface area (Å²) in [5.41, 5.74) is 18.8. The zero-order valence-corrected chi connectivity index (χ0v) is 70.8. The predicted molar refractivity (Wildman–Crippen MR) is 476 cm³/mol. The van der Waals surface area contributed by atoms with E-state index >= 15 is 0 Å². The molecule has 0 saturated carbocycles. The van der Waals surface area contributed by atoms with Crippen LogP contribution in [-0.2, 0) is 45.0 Å². The van der Waals surface area contributed by atoms with E-state index in [1.807, 2.05) is 114 Å². The number of piperidine rings is 2. The quantitative estimate of drug-likeness (QED) is 0.0248. The lowest BCUT2D eigenvalue weighted by Crippen LogP contribution is -2.45. The molecule has 3 aliphatic rings. The third-order valence-corrected chi connectivity index (χ3v) is 22.0. The second kappa shape index (κ2) is 41.0. The summed E-state index contributed by atoms with van der Waals surface area (Å²) >= 11 is 0. The Labute approximate surface area is 708 Å². The number of hydrogen-bond donors (Lipinski definition) is 7. The first kappa shape index (κ1) is 87.1. The molecular formula is C93H107N19O10. The molecular weight excluding hydrogens is 1540 g/mol. The summed E-state index contributed by atoms with van der Waals surface area (Å²) in [6.45, 7) is 26.2. The van der Waals surface area contributed by atoms with E-state index in [-0.39, 0.29) is 57.6 Å². The van der Waals surface area contributed by atoms with Crippen LogP contribution in [0.1, 0.15) is 164 Å². The van der Waals surface area contributed by atoms with Crippen molar-refractivity contribution in [3.05, 3.63) is 264 Å². The first-order valence-electron chi connectivity index (χ1n) is 42.0. The van der Waals surface area contributed by atoms with Gasteiger partial charge in [0.05, 0.1) is 35.0 Å². The Kier molecular flexibility index (Phi) is 29.3. The van der Waals surface area contributed by atoms with Gasteiger partial charge in [-0.05, 0) is 224 Å². The van der Waals surface area contributed by atoms with Gasteiger partial charge in [-0.3, -0.25) is 48.1 Å². The summed E-state index contributed by atoms with van der Waals surface area (Å²) in [6, 6.07) is 48.5. The Bertz CT molecular complexity index is 5830. The van der Waals surface area contributed by atoms with Gasteiger partial charge in [0.15, 0.2) is 16.9 Å². The molecule has 0 bridgehead atoms. The number of pyridine rings is 3. The van der Waals surface area contributed by atoms with Gasteiger partial charge in [-0.1, -0.05) is 93.6 Å². The average Bonchev–Trinajstić information content (AvgIpc) is 0.770. The zero-order valence-electron chi connectivity index (χ0n) is 70.8. The van der Waals surface area contributed by atoms with Crippen molar-refractivity contribution in [2.75, 3.05) is 88.5 Å². The molecule has 6 aromatic heterocycles. The number of rotatable bonds is 26. The Hall–Kier alpha value is -12.8. The fraction of sp³-hybridized carbons (Fsp3) is 0.344. The highest BCUT2D eigenvalue weighted by atomic mass is 16.7. The third kappa shape index (κ3) is 21.9. The molecule has 0 radical (unpaired) electrons. The Morgan fingerprint density at radius 2 is 0.787 bits per heavy atom. The standard InChI is InChI=1S/C32H36N6O4.C31H37N7O3.C30H34N6O3/c1-5-22-6-12-26(13-7-22)38-19-28(31(41)36-42-20(2)3)29(40)27-18-33-32(35-30(27)38)34-25-10-8-23(9-11-25)24-14-16-37(17-15-24)21(4)39;1-4-22-8-12-25(13-9-22)38-21-27(30(40)35-41-5-2)28(39)26-20-32-31(34-29(26)38)33-24-10-6-23(7-11-24)14-15-37-18-16-36(3)17-19-37;1-4-20-5-11-24(12-6-20)36-18-26(29(38)35-39-19(2)3)27(37)25-17-32-30(34-28(25)36)33-23-9-7-21(8-10-23)22-13-15-31-16-14-22/h6-13,18-20,24H,5,14-17H2,1-4H3,(H,36,41)(H,33,34,35);6-13,20-21H,4-5,14-19H2,1-3H3,(H,35,40)(H,32,33,34);5-12,17-19,22,31H,4,13-16H2,1-3H3,(H,35,38)(H,32,33,34). The molecule has 3 saturated heterocycles. The highest BCUT2D eigenvalue weighted by Gasteiger charge is 2.26. The molecule has 29 nitrogen and oxygen atoms in total. The van der Waals surface area contributed by atoms with Crippen molar-refractivity contribution in [1.82, 2.24) is 80.1 Å². The van der Waals surface area contributed by atoms with Crippen molar-refractivity contribution in [3.8, 4) is 17.1 Å². The number of likely N-dealkylation sites (tertiary alicyclic amines) is 1. The number of aromatic nitrogens is 9. The van der Waals surface area contributed by atoms with Crippen molar-refractivity contribution in [2.45, 2.75) is 138 Å². The van der Waals surface area contributed by atoms with Crippen LogP contribution in [0.5, 0.6) is 0 Å². The topological polar surface area (TPSA) is 333 Å². The minimum atomic E-state index is -0.635. The number of nitrogens with one attached hydrogen (secondary N) is 7. The minimum Gasteiger partial charge on any atom is -0.343 e. The summed E-state index contributed by atoms with van der Waals surface area (Å²) in [5.74, 6) is 0.279.